The maximum atomic E-state index is 6.10. The van der Waals surface area contributed by atoms with Crippen molar-refractivity contribution in [2.45, 2.75) is 12.8 Å². The lowest BCUT2D eigenvalue weighted by molar-refractivity contribution is 0.837. The molecule has 3 nitrogen and oxygen atoms in total. The van der Waals surface area contributed by atoms with Gasteiger partial charge < -0.3 is 5.73 Å². The summed E-state index contributed by atoms with van der Waals surface area (Å²) in [4.78, 5) is 0. The fourth-order valence-electron chi connectivity index (χ4n) is 2.12. The summed E-state index contributed by atoms with van der Waals surface area (Å²) in [7, 11) is 0. The summed E-state index contributed by atoms with van der Waals surface area (Å²) in [5.74, 6) is 6.10. The smallest absolute Gasteiger partial charge is 0.0578 e. The van der Waals surface area contributed by atoms with Gasteiger partial charge in [-0.15, -0.1) is 0 Å². The fraction of sp³-hybridized carbons (Fsp3) is 0.143. The minimum atomic E-state index is 0.749. The first-order valence-electron chi connectivity index (χ1n) is 5.76. The van der Waals surface area contributed by atoms with Gasteiger partial charge in [0.15, 0.2) is 0 Å². The second-order valence-corrected chi connectivity index (χ2v) is 4.41. The van der Waals surface area contributed by atoms with Gasteiger partial charge in [-0.2, -0.15) is 0 Å². The molecule has 17 heavy (non-hydrogen) atoms. The normalized spacial score (nSPS) is 12.8. The van der Waals surface area contributed by atoms with Crippen LogP contribution in [0.3, 0.4) is 0 Å². The minimum Gasteiger partial charge on any atom is -0.399 e. The van der Waals surface area contributed by atoms with Crippen molar-refractivity contribution in [2.75, 3.05) is 10.7 Å². The lowest BCUT2D eigenvalue weighted by atomic mass is 9.88. The number of nitrogens with zero attached hydrogens (tertiary/aromatic N) is 1. The number of hydrogen-bond acceptors (Lipinski definition) is 3. The highest BCUT2D eigenvalue weighted by Crippen LogP contribution is 2.29. The van der Waals surface area contributed by atoms with Crippen LogP contribution in [-0.2, 0) is 12.8 Å². The van der Waals surface area contributed by atoms with Gasteiger partial charge in [-0.25, -0.2) is 5.84 Å². The zero-order chi connectivity index (χ0) is 11.8. The maximum Gasteiger partial charge on any atom is 0.0578 e. The average molecular weight is 225 g/mol. The highest BCUT2D eigenvalue weighted by molar-refractivity contribution is 5.65. The van der Waals surface area contributed by atoms with Gasteiger partial charge in [-0.1, -0.05) is 6.07 Å². The Balaban J connectivity index is 1.92. The number of nitrogen functional groups attached to an aromatic ring is 1. The van der Waals surface area contributed by atoms with Gasteiger partial charge in [0.25, 0.3) is 0 Å². The highest BCUT2D eigenvalue weighted by Gasteiger charge is 2.14. The van der Waals surface area contributed by atoms with E-state index in [1.165, 1.54) is 24.0 Å². The van der Waals surface area contributed by atoms with Crippen molar-refractivity contribution < 1.29 is 0 Å². The quantitative estimate of drug-likeness (QED) is 0.468. The van der Waals surface area contributed by atoms with Crippen molar-refractivity contribution >= 4 is 17.1 Å². The number of anilines is 3. The molecule has 3 rings (SSSR count). The molecular weight excluding hydrogens is 210 g/mol. The van der Waals surface area contributed by atoms with Crippen LogP contribution in [-0.4, -0.2) is 0 Å². The molecule has 0 saturated carbocycles. The standard InChI is InChI=1S/C14H15N3/c15-12-4-7-13(8-5-12)17(16)14-6-3-10-1-2-11(10)9-14/h3-9H,1-2,15-16H2. The SMILES string of the molecule is Nc1ccc(N(N)c2ccc3c(c2)CC3)cc1. The molecule has 0 heterocycles. The van der Waals surface area contributed by atoms with Gasteiger partial charge in [-0.05, 0) is 60.4 Å². The Bertz CT molecular complexity index is 546. The van der Waals surface area contributed by atoms with Crippen molar-refractivity contribution in [3.63, 3.8) is 0 Å². The molecule has 0 fully saturated rings. The molecule has 0 atom stereocenters. The van der Waals surface area contributed by atoms with Gasteiger partial charge in [0.1, 0.15) is 0 Å². The summed E-state index contributed by atoms with van der Waals surface area (Å²) >= 11 is 0. The third kappa shape index (κ3) is 1.74. The van der Waals surface area contributed by atoms with E-state index in [9.17, 15) is 0 Å². The van der Waals surface area contributed by atoms with E-state index < -0.39 is 0 Å². The molecule has 86 valence electrons. The van der Waals surface area contributed by atoms with Crippen molar-refractivity contribution in [1.29, 1.82) is 0 Å². The molecule has 2 aromatic carbocycles. The fourth-order valence-corrected chi connectivity index (χ4v) is 2.12. The van der Waals surface area contributed by atoms with Crippen LogP contribution in [0.25, 0.3) is 0 Å². The number of hydrazine groups is 1. The van der Waals surface area contributed by atoms with E-state index >= 15 is 0 Å². The Kier molecular flexibility index (Phi) is 2.27. The zero-order valence-electron chi connectivity index (χ0n) is 9.56. The second-order valence-electron chi connectivity index (χ2n) is 4.41. The van der Waals surface area contributed by atoms with E-state index in [0.717, 1.165) is 17.1 Å². The Labute approximate surface area is 101 Å². The Morgan fingerprint density at radius 1 is 0.824 bits per heavy atom. The first kappa shape index (κ1) is 10.2. The Morgan fingerprint density at radius 2 is 1.47 bits per heavy atom. The van der Waals surface area contributed by atoms with Crippen LogP contribution in [0.5, 0.6) is 0 Å². The zero-order valence-corrected chi connectivity index (χ0v) is 9.56. The lowest BCUT2D eigenvalue weighted by Gasteiger charge is -2.24. The van der Waals surface area contributed by atoms with E-state index in [4.69, 9.17) is 11.6 Å². The third-order valence-corrected chi connectivity index (χ3v) is 3.30. The predicted molar refractivity (Wildman–Crippen MR) is 71.0 cm³/mol. The number of fused-ring (bicyclic) bond motifs is 1. The molecule has 1 aliphatic rings. The highest BCUT2D eigenvalue weighted by atomic mass is 15.4. The summed E-state index contributed by atoms with van der Waals surface area (Å²) in [5, 5.41) is 1.69. The number of rotatable bonds is 2. The van der Waals surface area contributed by atoms with Crippen molar-refractivity contribution in [3.05, 3.63) is 53.6 Å². The molecule has 4 N–H and O–H groups in total. The Morgan fingerprint density at radius 3 is 2.06 bits per heavy atom. The van der Waals surface area contributed by atoms with Crippen LogP contribution in [0.2, 0.25) is 0 Å². The summed E-state index contributed by atoms with van der Waals surface area (Å²) in [6.07, 6.45) is 2.36. The predicted octanol–water partition coefficient (Wildman–Crippen LogP) is 2.38. The van der Waals surface area contributed by atoms with Crippen LogP contribution >= 0.6 is 0 Å². The van der Waals surface area contributed by atoms with Crippen LogP contribution in [0.4, 0.5) is 17.1 Å². The van der Waals surface area contributed by atoms with Crippen LogP contribution < -0.4 is 16.6 Å². The number of aryl methyl sites for hydroxylation is 2. The van der Waals surface area contributed by atoms with Gasteiger partial charge in [0, 0.05) is 5.69 Å². The first-order chi connectivity index (χ1) is 8.24. The molecule has 0 aromatic heterocycles. The second kappa shape index (κ2) is 3.79. The molecular formula is C14H15N3. The molecule has 2 aromatic rings. The molecule has 0 bridgehead atoms. The van der Waals surface area contributed by atoms with Crippen LogP contribution in [0.15, 0.2) is 42.5 Å². The first-order valence-corrected chi connectivity index (χ1v) is 5.76. The van der Waals surface area contributed by atoms with E-state index in [1.54, 1.807) is 5.01 Å². The minimum absolute atomic E-state index is 0.749. The molecule has 3 heteroatoms. The van der Waals surface area contributed by atoms with Gasteiger partial charge in [-0.3, -0.25) is 5.01 Å². The van der Waals surface area contributed by atoms with Gasteiger partial charge >= 0.3 is 0 Å². The van der Waals surface area contributed by atoms with E-state index in [0.29, 0.717) is 0 Å². The molecule has 0 radical (unpaired) electrons. The van der Waals surface area contributed by atoms with E-state index in [1.807, 2.05) is 24.3 Å². The monoisotopic (exact) mass is 225 g/mol. The lowest BCUT2D eigenvalue weighted by Crippen LogP contribution is -2.25. The van der Waals surface area contributed by atoms with Crippen molar-refractivity contribution in [1.82, 2.24) is 0 Å². The molecule has 0 spiro atoms. The van der Waals surface area contributed by atoms with Crippen molar-refractivity contribution in [2.24, 2.45) is 5.84 Å². The summed E-state index contributed by atoms with van der Waals surface area (Å²) in [5.41, 5.74) is 11.2. The molecule has 0 unspecified atom stereocenters. The molecule has 0 amide bonds. The largest absolute Gasteiger partial charge is 0.399 e. The molecule has 0 aliphatic heterocycles. The number of nitrogens with two attached hydrogens (primary N) is 2. The maximum absolute atomic E-state index is 6.10. The molecule has 1 aliphatic carbocycles. The average Bonchev–Trinajstić information content (AvgIpc) is 2.31. The summed E-state index contributed by atoms with van der Waals surface area (Å²) < 4.78 is 0. The summed E-state index contributed by atoms with van der Waals surface area (Å²) in [6, 6.07) is 13.9. The molecule has 0 saturated heterocycles. The van der Waals surface area contributed by atoms with Crippen LogP contribution in [0, 0.1) is 0 Å². The number of benzene rings is 2. The number of hydrogen-bond donors (Lipinski definition) is 2. The van der Waals surface area contributed by atoms with E-state index in [-0.39, 0.29) is 0 Å². The summed E-state index contributed by atoms with van der Waals surface area (Å²) in [6.45, 7) is 0. The third-order valence-electron chi connectivity index (χ3n) is 3.30. The van der Waals surface area contributed by atoms with Gasteiger partial charge in [0.05, 0.1) is 11.4 Å². The van der Waals surface area contributed by atoms with Crippen molar-refractivity contribution in [3.8, 4) is 0 Å². The topological polar surface area (TPSA) is 55.3 Å². The Hall–Kier alpha value is -2.00. The van der Waals surface area contributed by atoms with Crippen LogP contribution in [0.1, 0.15) is 11.1 Å². The van der Waals surface area contributed by atoms with E-state index in [2.05, 4.69) is 18.2 Å². The van der Waals surface area contributed by atoms with Gasteiger partial charge in [0.2, 0.25) is 0 Å².